The number of fused-ring (bicyclic) bond motifs is 1. The summed E-state index contributed by atoms with van der Waals surface area (Å²) < 4.78 is 118. The van der Waals surface area contributed by atoms with E-state index in [9.17, 15) is 9.22 Å². The standard InChI is InChI=1S/C63H62N3O.Pt/c1-39(2)46-35-52(40(3)4)60(67)55(36-46)61-65-59-51(47-32-48(34-50(33-47)63(9,10)11)56-37-45(29-30-64-56)42-19-14-12-15-20-42)23-18-24-57(59)66(61)58-31-41(5)53(38-54(58)43-21-16-13-17-22-43)44-25-27-49(28-26-44)62(6,7)8;/h12-31,33-40,67H,1-11H3;/q-1;/i5D3,12D,14D,15D,19D,20D,29D,30D,37D,39D,40D;. The number of aryl methyl sites for hydroxylation is 1. The van der Waals surface area contributed by atoms with E-state index in [1.165, 1.54) is 0 Å². The topological polar surface area (TPSA) is 50.9 Å². The van der Waals surface area contributed by atoms with Crippen LogP contribution >= 0.6 is 0 Å². The molecule has 0 radical (unpaired) electrons. The van der Waals surface area contributed by atoms with Gasteiger partial charge in [-0.05, 0) is 110 Å². The van der Waals surface area contributed by atoms with Gasteiger partial charge in [-0.2, -0.15) is 0 Å². The number of para-hydroxylation sites is 1. The van der Waals surface area contributed by atoms with Gasteiger partial charge in [-0.15, -0.1) is 29.3 Å². The van der Waals surface area contributed by atoms with E-state index in [1.807, 2.05) is 110 Å². The largest absolute Gasteiger partial charge is 0.507 e. The molecule has 0 spiro atoms. The average molecular weight is 1090 g/mol. The van der Waals surface area contributed by atoms with Gasteiger partial charge in [-0.25, -0.2) is 4.98 Å². The molecule has 7 aromatic carbocycles. The van der Waals surface area contributed by atoms with Crippen LogP contribution in [0.2, 0.25) is 0 Å². The van der Waals surface area contributed by atoms with Crippen LogP contribution in [0.4, 0.5) is 0 Å². The van der Waals surface area contributed by atoms with E-state index in [0.717, 1.165) is 16.7 Å². The summed E-state index contributed by atoms with van der Waals surface area (Å²) >= 11 is 0. The summed E-state index contributed by atoms with van der Waals surface area (Å²) in [5.41, 5.74) is 6.14. The fraction of sp³-hybridized carbons (Fsp3) is 0.238. The van der Waals surface area contributed by atoms with Crippen LogP contribution in [0.1, 0.15) is 127 Å². The molecule has 0 aliphatic rings. The number of imidazole rings is 1. The second-order valence-electron chi connectivity index (χ2n) is 19.6. The van der Waals surface area contributed by atoms with Crippen molar-refractivity contribution in [3.05, 3.63) is 192 Å². The predicted molar refractivity (Wildman–Crippen MR) is 282 cm³/mol. The second-order valence-corrected chi connectivity index (χ2v) is 19.6. The Labute approximate surface area is 436 Å². The molecular formula is C63H62N3OPt-. The summed E-state index contributed by atoms with van der Waals surface area (Å²) in [5.74, 6) is -2.66. The van der Waals surface area contributed by atoms with Gasteiger partial charge >= 0.3 is 0 Å². The summed E-state index contributed by atoms with van der Waals surface area (Å²) in [6.07, 6.45) is -0.592. The normalized spacial score (nSPS) is 15.2. The van der Waals surface area contributed by atoms with Gasteiger partial charge < -0.3 is 5.11 Å². The van der Waals surface area contributed by atoms with E-state index in [2.05, 4.69) is 31.8 Å². The van der Waals surface area contributed by atoms with Crippen LogP contribution in [0, 0.1) is 12.9 Å². The molecule has 0 bridgehead atoms. The Hall–Kier alpha value is -6.35. The third-order valence-corrected chi connectivity index (χ3v) is 12.3. The van der Waals surface area contributed by atoms with Crippen LogP contribution in [0.15, 0.2) is 158 Å². The van der Waals surface area contributed by atoms with Crippen molar-refractivity contribution in [2.75, 3.05) is 0 Å². The van der Waals surface area contributed by atoms with Crippen molar-refractivity contribution in [2.24, 2.45) is 0 Å². The number of phenolic OH excluding ortho intramolecular Hbond substituents is 1. The molecule has 0 amide bonds. The number of aromatic hydroxyl groups is 1. The first-order valence-corrected chi connectivity index (χ1v) is 22.5. The zero-order valence-corrected chi connectivity index (χ0v) is 42.3. The van der Waals surface area contributed by atoms with E-state index in [-0.39, 0.29) is 71.6 Å². The van der Waals surface area contributed by atoms with Crippen molar-refractivity contribution in [1.29, 1.82) is 0 Å². The molecule has 346 valence electrons. The first kappa shape index (κ1) is 34.0. The minimum atomic E-state index is -2.65. The molecule has 0 fully saturated rings. The van der Waals surface area contributed by atoms with Crippen LogP contribution in [0.5, 0.6) is 5.75 Å². The van der Waals surface area contributed by atoms with Crippen molar-refractivity contribution in [2.45, 2.75) is 98.7 Å². The van der Waals surface area contributed by atoms with E-state index in [4.69, 9.17) is 18.7 Å². The van der Waals surface area contributed by atoms with Crippen molar-refractivity contribution >= 4 is 11.0 Å². The van der Waals surface area contributed by atoms with Crippen molar-refractivity contribution in [3.8, 4) is 78.6 Å². The molecule has 9 rings (SSSR count). The molecular weight excluding hydrogens is 1010 g/mol. The number of pyridine rings is 1. The van der Waals surface area contributed by atoms with Gasteiger partial charge in [0.15, 0.2) is 0 Å². The summed E-state index contributed by atoms with van der Waals surface area (Å²) in [6.45, 7) is 16.4. The fourth-order valence-corrected chi connectivity index (χ4v) is 8.45. The van der Waals surface area contributed by atoms with Crippen molar-refractivity contribution in [1.82, 2.24) is 14.5 Å². The van der Waals surface area contributed by atoms with Gasteiger partial charge in [0.25, 0.3) is 0 Å². The summed E-state index contributed by atoms with van der Waals surface area (Å²) in [7, 11) is 0. The van der Waals surface area contributed by atoms with E-state index >= 15 is 0 Å². The van der Waals surface area contributed by atoms with Gasteiger partial charge in [0.05, 0.1) is 33.3 Å². The smallest absolute Gasteiger partial charge is 0.148 e. The first-order chi connectivity index (χ1) is 37.1. The Balaban J connectivity index is 0.00000860. The Bertz CT molecular complexity index is 3930. The number of nitrogens with zero attached hydrogens (tertiary/aromatic N) is 3. The first-order valence-electron chi connectivity index (χ1n) is 29.0. The van der Waals surface area contributed by atoms with Crippen LogP contribution in [-0.4, -0.2) is 19.6 Å². The Morgan fingerprint density at radius 2 is 1.34 bits per heavy atom. The van der Waals surface area contributed by atoms with Gasteiger partial charge in [-0.1, -0.05) is 189 Å². The molecule has 0 aliphatic carbocycles. The summed E-state index contributed by atoms with van der Waals surface area (Å²) in [4.78, 5) is 9.86. The Morgan fingerprint density at radius 1 is 0.647 bits per heavy atom. The molecule has 4 nitrogen and oxygen atoms in total. The fourth-order valence-electron chi connectivity index (χ4n) is 8.45. The number of phenols is 1. The van der Waals surface area contributed by atoms with Crippen molar-refractivity contribution in [3.63, 3.8) is 0 Å². The number of hydrogen-bond acceptors (Lipinski definition) is 3. The van der Waals surface area contributed by atoms with E-state index in [1.54, 1.807) is 52.0 Å². The molecule has 0 atom stereocenters. The van der Waals surface area contributed by atoms with Gasteiger partial charge in [0, 0.05) is 45.3 Å². The van der Waals surface area contributed by atoms with Crippen LogP contribution in [0.25, 0.3) is 83.9 Å². The molecule has 1 N–H and O–H groups in total. The molecule has 2 aromatic heterocycles. The molecule has 0 saturated heterocycles. The van der Waals surface area contributed by atoms with Crippen molar-refractivity contribution < 1.29 is 44.0 Å². The Morgan fingerprint density at radius 3 is 2.00 bits per heavy atom. The zero-order valence-electron chi connectivity index (χ0n) is 53.0. The monoisotopic (exact) mass is 1080 g/mol. The maximum absolute atomic E-state index is 12.6. The Kier molecular flexibility index (Phi) is 9.49. The van der Waals surface area contributed by atoms with Crippen LogP contribution < -0.4 is 0 Å². The maximum Gasteiger partial charge on any atom is 0.148 e. The zero-order chi connectivity index (χ0) is 58.7. The molecule has 9 aromatic rings. The van der Waals surface area contributed by atoms with Gasteiger partial charge in [0.2, 0.25) is 0 Å². The number of aromatic nitrogens is 3. The quantitative estimate of drug-likeness (QED) is 0.147. The minimum absolute atomic E-state index is 0. The third kappa shape index (κ3) is 9.41. The number of hydrogen-bond donors (Lipinski definition) is 1. The molecule has 0 unspecified atom stereocenters. The minimum Gasteiger partial charge on any atom is -0.507 e. The SMILES string of the molecule is [2H]c1nc(-c2[c-]c(-c3cccc4c3nc(-c3cc(C([2H])(C)C)cc(C([2H])(C)C)c3O)n4-c3cc(C([2H])([2H])[2H])c(-c4ccc(C(C)(C)C)cc4)cc3-c3ccccc3)cc(C(C)(C)C)c2)c([2H])c(-c2c([2H])c([2H])c([2H])c([2H])c2[2H])c1[2H].[Pt]. The number of benzene rings is 7. The summed E-state index contributed by atoms with van der Waals surface area (Å²) in [5, 5.41) is 12.6. The van der Waals surface area contributed by atoms with E-state index in [0.29, 0.717) is 50.1 Å². The summed E-state index contributed by atoms with van der Waals surface area (Å²) in [6, 6.07) is 32.8. The predicted octanol–water partition coefficient (Wildman–Crippen LogP) is 17.1. The average Bonchev–Trinajstić information content (AvgIpc) is 3.77. The van der Waals surface area contributed by atoms with Gasteiger partial charge in [-0.3, -0.25) is 9.55 Å². The molecule has 2 heterocycles. The van der Waals surface area contributed by atoms with Crippen LogP contribution in [0.3, 0.4) is 0 Å². The second kappa shape index (κ2) is 19.0. The molecule has 0 aliphatic heterocycles. The number of rotatable bonds is 9. The van der Waals surface area contributed by atoms with Gasteiger partial charge in [0.1, 0.15) is 11.6 Å². The third-order valence-electron chi connectivity index (χ3n) is 12.3. The molecule has 0 saturated carbocycles. The van der Waals surface area contributed by atoms with E-state index < -0.39 is 78.1 Å². The molecule has 5 heteroatoms. The molecule has 68 heavy (non-hydrogen) atoms. The maximum atomic E-state index is 12.6. The van der Waals surface area contributed by atoms with Crippen LogP contribution in [-0.2, 0) is 31.9 Å².